The lowest BCUT2D eigenvalue weighted by atomic mass is 9.72. The molecule has 0 N–H and O–H groups in total. The molecule has 0 amide bonds. The van der Waals surface area contributed by atoms with E-state index in [2.05, 4.69) is 40.7 Å². The van der Waals surface area contributed by atoms with Crippen LogP contribution in [0.4, 0.5) is 0 Å². The summed E-state index contributed by atoms with van der Waals surface area (Å²) in [7, 11) is 0. The summed E-state index contributed by atoms with van der Waals surface area (Å²) in [5.41, 5.74) is 5.51. The molecule has 2 rings (SSSR count). The van der Waals surface area contributed by atoms with Crippen molar-refractivity contribution in [3.05, 3.63) is 34.4 Å². The second-order valence-electron chi connectivity index (χ2n) is 7.48. The monoisotopic (exact) mass is 286 g/mol. The Balaban J connectivity index is 2.42. The van der Waals surface area contributed by atoms with E-state index in [-0.39, 0.29) is 5.41 Å². The number of carbonyl (C=O) groups excluding carboxylic acids is 1. The zero-order valence-electron chi connectivity index (χ0n) is 14.4. The molecule has 0 aromatic rings. The van der Waals surface area contributed by atoms with Crippen LogP contribution in [0.5, 0.6) is 0 Å². The molecule has 1 fully saturated rings. The van der Waals surface area contributed by atoms with Crippen molar-refractivity contribution in [3.63, 3.8) is 0 Å². The molecule has 0 heterocycles. The van der Waals surface area contributed by atoms with E-state index in [0.717, 1.165) is 38.5 Å². The van der Waals surface area contributed by atoms with Gasteiger partial charge in [0.2, 0.25) is 0 Å². The minimum Gasteiger partial charge on any atom is -0.294 e. The first-order chi connectivity index (χ1) is 9.84. The van der Waals surface area contributed by atoms with E-state index in [9.17, 15) is 4.79 Å². The third kappa shape index (κ3) is 3.39. The van der Waals surface area contributed by atoms with Crippen LogP contribution in [0, 0.1) is 11.3 Å². The second kappa shape index (κ2) is 6.34. The summed E-state index contributed by atoms with van der Waals surface area (Å²) in [6, 6.07) is 0. The third-order valence-electron chi connectivity index (χ3n) is 5.54. The molecule has 2 aliphatic carbocycles. The highest BCUT2D eigenvalue weighted by atomic mass is 16.1. The fourth-order valence-electron chi connectivity index (χ4n) is 3.99. The summed E-state index contributed by atoms with van der Waals surface area (Å²) in [6.45, 7) is 11.0. The van der Waals surface area contributed by atoms with Crippen LogP contribution >= 0.6 is 0 Å². The molecule has 2 aliphatic rings. The summed E-state index contributed by atoms with van der Waals surface area (Å²) in [5.74, 6) is 0.793. The minimum absolute atomic E-state index is 0.182. The maximum Gasteiger partial charge on any atom is 0.162 e. The maximum atomic E-state index is 12.9. The van der Waals surface area contributed by atoms with Gasteiger partial charge < -0.3 is 0 Å². The highest BCUT2D eigenvalue weighted by Crippen LogP contribution is 2.51. The second-order valence-corrected chi connectivity index (χ2v) is 7.48. The molecular formula is C20H30O. The SMILES string of the molecule is CC1=CCC/C(C)=C\C(=O)[C@]2(C)CCC(=C(C)C)[C@H]2CC1. The van der Waals surface area contributed by atoms with Gasteiger partial charge in [0.05, 0.1) is 0 Å². The van der Waals surface area contributed by atoms with Crippen LogP contribution in [0.1, 0.15) is 73.1 Å². The zero-order chi connectivity index (χ0) is 15.6. The molecule has 0 bridgehead atoms. The summed E-state index contributed by atoms with van der Waals surface area (Å²) in [6.07, 6.45) is 10.8. The Morgan fingerprint density at radius 3 is 2.52 bits per heavy atom. The van der Waals surface area contributed by atoms with E-state index in [4.69, 9.17) is 0 Å². The van der Waals surface area contributed by atoms with Gasteiger partial charge in [-0.2, -0.15) is 0 Å². The standard InChI is InChI=1S/C20H30O/c1-14(2)17-11-12-20(5)18(17)10-9-15(3)7-6-8-16(4)13-19(20)21/h7,13,18H,6,8-12H2,1-5H3/b15-7?,16-13-/t18-,20-/m1/s1. The Morgan fingerprint density at radius 1 is 1.14 bits per heavy atom. The molecular weight excluding hydrogens is 256 g/mol. The van der Waals surface area contributed by atoms with Gasteiger partial charge in [0.1, 0.15) is 0 Å². The molecule has 0 saturated heterocycles. The van der Waals surface area contributed by atoms with Crippen LogP contribution in [0.2, 0.25) is 0 Å². The molecule has 1 saturated carbocycles. The molecule has 21 heavy (non-hydrogen) atoms. The molecule has 0 aromatic carbocycles. The number of carbonyl (C=O) groups is 1. The molecule has 0 aliphatic heterocycles. The van der Waals surface area contributed by atoms with E-state index in [1.54, 1.807) is 5.57 Å². The van der Waals surface area contributed by atoms with Crippen LogP contribution in [0.15, 0.2) is 34.4 Å². The van der Waals surface area contributed by atoms with Gasteiger partial charge in [-0.1, -0.05) is 35.3 Å². The fourth-order valence-corrected chi connectivity index (χ4v) is 3.99. The van der Waals surface area contributed by atoms with Gasteiger partial charge in [-0.15, -0.1) is 0 Å². The van der Waals surface area contributed by atoms with Crippen LogP contribution in [-0.4, -0.2) is 5.78 Å². The van der Waals surface area contributed by atoms with Crippen molar-refractivity contribution in [2.75, 3.05) is 0 Å². The minimum atomic E-state index is -0.182. The van der Waals surface area contributed by atoms with E-state index in [1.807, 2.05) is 6.08 Å². The number of fused-ring (bicyclic) bond motifs is 1. The summed E-state index contributed by atoms with van der Waals surface area (Å²) >= 11 is 0. The Morgan fingerprint density at radius 2 is 1.86 bits per heavy atom. The molecule has 1 heteroatoms. The van der Waals surface area contributed by atoms with Crippen molar-refractivity contribution < 1.29 is 4.79 Å². The molecule has 0 spiro atoms. The lowest BCUT2D eigenvalue weighted by molar-refractivity contribution is -0.124. The number of allylic oxidation sites excluding steroid dienone is 6. The topological polar surface area (TPSA) is 17.1 Å². The normalized spacial score (nSPS) is 33.7. The van der Waals surface area contributed by atoms with Crippen molar-refractivity contribution >= 4 is 5.78 Å². The van der Waals surface area contributed by atoms with E-state index < -0.39 is 0 Å². The fraction of sp³-hybridized carbons (Fsp3) is 0.650. The van der Waals surface area contributed by atoms with Crippen molar-refractivity contribution in [2.45, 2.75) is 73.1 Å². The average Bonchev–Trinajstić information content (AvgIpc) is 2.73. The Bertz CT molecular complexity index is 514. The highest BCUT2D eigenvalue weighted by Gasteiger charge is 2.46. The van der Waals surface area contributed by atoms with Gasteiger partial charge in [0.15, 0.2) is 5.78 Å². The first kappa shape index (κ1) is 16.3. The van der Waals surface area contributed by atoms with Gasteiger partial charge in [0.25, 0.3) is 0 Å². The predicted octanol–water partition coefficient (Wildman–Crippen LogP) is 5.77. The molecule has 116 valence electrons. The molecule has 0 unspecified atom stereocenters. The number of hydrogen-bond acceptors (Lipinski definition) is 1. The first-order valence-corrected chi connectivity index (χ1v) is 8.38. The van der Waals surface area contributed by atoms with Crippen molar-refractivity contribution in [1.29, 1.82) is 0 Å². The summed E-state index contributed by atoms with van der Waals surface area (Å²) < 4.78 is 0. The Hall–Kier alpha value is -1.11. The quantitative estimate of drug-likeness (QED) is 0.516. The molecule has 1 nitrogen and oxygen atoms in total. The third-order valence-corrected chi connectivity index (χ3v) is 5.54. The van der Waals surface area contributed by atoms with Gasteiger partial charge in [-0.3, -0.25) is 4.79 Å². The molecule has 2 atom stereocenters. The number of hydrogen-bond donors (Lipinski definition) is 0. The smallest absolute Gasteiger partial charge is 0.162 e. The Labute approximate surface area is 130 Å². The zero-order valence-corrected chi connectivity index (χ0v) is 14.4. The van der Waals surface area contributed by atoms with Crippen LogP contribution in [0.3, 0.4) is 0 Å². The van der Waals surface area contributed by atoms with Crippen LogP contribution < -0.4 is 0 Å². The van der Waals surface area contributed by atoms with Gasteiger partial charge in [-0.25, -0.2) is 0 Å². The van der Waals surface area contributed by atoms with Crippen LogP contribution in [0.25, 0.3) is 0 Å². The lowest BCUT2D eigenvalue weighted by Gasteiger charge is -2.30. The first-order valence-electron chi connectivity index (χ1n) is 8.38. The van der Waals surface area contributed by atoms with E-state index >= 15 is 0 Å². The van der Waals surface area contributed by atoms with Gasteiger partial charge in [0, 0.05) is 5.41 Å². The number of rotatable bonds is 0. The maximum absolute atomic E-state index is 12.9. The van der Waals surface area contributed by atoms with Crippen molar-refractivity contribution in [1.82, 2.24) is 0 Å². The molecule has 0 radical (unpaired) electrons. The Kier molecular flexibility index (Phi) is 4.91. The number of ketones is 1. The average molecular weight is 286 g/mol. The van der Waals surface area contributed by atoms with E-state index in [0.29, 0.717) is 11.7 Å². The highest BCUT2D eigenvalue weighted by molar-refractivity contribution is 5.96. The predicted molar refractivity (Wildman–Crippen MR) is 90.2 cm³/mol. The van der Waals surface area contributed by atoms with Crippen molar-refractivity contribution in [3.8, 4) is 0 Å². The van der Waals surface area contributed by atoms with Gasteiger partial charge >= 0.3 is 0 Å². The summed E-state index contributed by atoms with van der Waals surface area (Å²) in [5, 5.41) is 0. The lowest BCUT2D eigenvalue weighted by Crippen LogP contribution is -2.31. The van der Waals surface area contributed by atoms with Crippen molar-refractivity contribution in [2.24, 2.45) is 11.3 Å². The largest absolute Gasteiger partial charge is 0.294 e. The van der Waals surface area contributed by atoms with E-state index in [1.165, 1.54) is 16.7 Å². The van der Waals surface area contributed by atoms with Gasteiger partial charge in [-0.05, 0) is 78.2 Å². The molecule has 0 aromatic heterocycles. The summed E-state index contributed by atoms with van der Waals surface area (Å²) in [4.78, 5) is 12.9. The van der Waals surface area contributed by atoms with Crippen LogP contribution in [-0.2, 0) is 4.79 Å².